The Morgan fingerprint density at radius 3 is 2.32 bits per heavy atom. The van der Waals surface area contributed by atoms with Crippen LogP contribution in [0.3, 0.4) is 0 Å². The van der Waals surface area contributed by atoms with Gasteiger partial charge in [-0.2, -0.15) is 0 Å². The minimum atomic E-state index is -0.366. The first kappa shape index (κ1) is 18.0. The molecule has 0 radical (unpaired) electrons. The Hall–Kier alpha value is -0.325. The molecule has 0 unspecified atom stereocenters. The third-order valence-electron chi connectivity index (χ3n) is 4.17. The predicted molar refractivity (Wildman–Crippen MR) is 97.1 cm³/mol. The van der Waals surface area contributed by atoms with Gasteiger partial charge in [0.2, 0.25) is 0 Å². The lowest BCUT2D eigenvalue weighted by Crippen LogP contribution is -2.41. The second-order valence-corrected chi connectivity index (χ2v) is 7.89. The average molecular weight is 387 g/mol. The number of benzene rings is 1. The van der Waals surface area contributed by atoms with Crippen molar-refractivity contribution in [3.8, 4) is 0 Å². The topological polar surface area (TPSA) is 30.5 Å². The van der Waals surface area contributed by atoms with E-state index >= 15 is 0 Å². The maximum Gasteiger partial charge on any atom is 0.491 e. The zero-order chi connectivity index (χ0) is 16.5. The van der Waals surface area contributed by atoms with E-state index in [-0.39, 0.29) is 18.3 Å². The SMILES string of the molecule is CNCC(=Cc1cc(Cl)cc(Br)c1)B1OC(C)(C)C(C)(C)O1. The van der Waals surface area contributed by atoms with Gasteiger partial charge in [-0.25, -0.2) is 0 Å². The van der Waals surface area contributed by atoms with Crippen LogP contribution >= 0.6 is 27.5 Å². The maximum absolute atomic E-state index is 6.14. The summed E-state index contributed by atoms with van der Waals surface area (Å²) in [5, 5.41) is 3.87. The Bertz CT molecular complexity index is 553. The number of hydrogen-bond acceptors (Lipinski definition) is 3. The van der Waals surface area contributed by atoms with Crippen molar-refractivity contribution in [2.45, 2.75) is 38.9 Å². The quantitative estimate of drug-likeness (QED) is 0.781. The van der Waals surface area contributed by atoms with Crippen LogP contribution in [-0.4, -0.2) is 31.9 Å². The molecule has 2 rings (SSSR count). The Morgan fingerprint density at radius 1 is 1.23 bits per heavy atom. The van der Waals surface area contributed by atoms with Crippen molar-refractivity contribution < 1.29 is 9.31 Å². The minimum absolute atomic E-state index is 0.348. The third-order valence-corrected chi connectivity index (χ3v) is 4.85. The zero-order valence-electron chi connectivity index (χ0n) is 13.7. The summed E-state index contributed by atoms with van der Waals surface area (Å²) in [6.07, 6.45) is 2.06. The Morgan fingerprint density at radius 2 is 1.82 bits per heavy atom. The minimum Gasteiger partial charge on any atom is -0.400 e. The van der Waals surface area contributed by atoms with Crippen LogP contribution in [0.2, 0.25) is 5.02 Å². The molecule has 1 saturated heterocycles. The number of hydrogen-bond donors (Lipinski definition) is 1. The van der Waals surface area contributed by atoms with Gasteiger partial charge in [-0.15, -0.1) is 0 Å². The second kappa shape index (κ2) is 6.66. The summed E-state index contributed by atoms with van der Waals surface area (Å²) < 4.78 is 13.2. The van der Waals surface area contributed by atoms with Gasteiger partial charge < -0.3 is 14.6 Å². The second-order valence-electron chi connectivity index (χ2n) is 6.54. The monoisotopic (exact) mass is 385 g/mol. The molecule has 0 aromatic heterocycles. The van der Waals surface area contributed by atoms with E-state index in [1.165, 1.54) is 0 Å². The van der Waals surface area contributed by atoms with Gasteiger partial charge in [-0.1, -0.05) is 33.6 Å². The molecule has 1 aromatic rings. The van der Waals surface area contributed by atoms with Gasteiger partial charge in [0.05, 0.1) is 11.2 Å². The van der Waals surface area contributed by atoms with Crippen LogP contribution in [0, 0.1) is 0 Å². The molecular weight excluding hydrogens is 364 g/mol. The molecule has 0 spiro atoms. The molecule has 0 saturated carbocycles. The highest BCUT2D eigenvalue weighted by atomic mass is 79.9. The normalized spacial score (nSPS) is 20.5. The summed E-state index contributed by atoms with van der Waals surface area (Å²) in [6, 6.07) is 5.81. The van der Waals surface area contributed by atoms with Gasteiger partial charge in [0.15, 0.2) is 0 Å². The van der Waals surface area contributed by atoms with Crippen LogP contribution in [0.1, 0.15) is 33.3 Å². The molecule has 1 fully saturated rings. The molecule has 3 nitrogen and oxygen atoms in total. The van der Waals surface area contributed by atoms with E-state index in [2.05, 4.69) is 55.0 Å². The van der Waals surface area contributed by atoms with Gasteiger partial charge in [0.25, 0.3) is 0 Å². The fourth-order valence-electron chi connectivity index (χ4n) is 2.27. The molecular formula is C16H22BBrClNO2. The smallest absolute Gasteiger partial charge is 0.400 e. The Labute approximate surface area is 146 Å². The lowest BCUT2D eigenvalue weighted by molar-refractivity contribution is 0.00578. The van der Waals surface area contributed by atoms with Crippen LogP contribution < -0.4 is 5.32 Å². The summed E-state index contributed by atoms with van der Waals surface area (Å²) in [5.74, 6) is 0. The highest BCUT2D eigenvalue weighted by Gasteiger charge is 2.52. The molecule has 1 aliphatic rings. The maximum atomic E-state index is 6.14. The van der Waals surface area contributed by atoms with Crippen molar-refractivity contribution in [1.29, 1.82) is 0 Å². The predicted octanol–water partition coefficient (Wildman–Crippen LogP) is 4.34. The highest BCUT2D eigenvalue weighted by molar-refractivity contribution is 9.10. The van der Waals surface area contributed by atoms with E-state index in [9.17, 15) is 0 Å². The number of halogens is 2. The summed E-state index contributed by atoms with van der Waals surface area (Å²) in [7, 11) is 1.54. The largest absolute Gasteiger partial charge is 0.491 e. The van der Waals surface area contributed by atoms with Gasteiger partial charge >= 0.3 is 7.12 Å². The number of nitrogens with one attached hydrogen (secondary N) is 1. The summed E-state index contributed by atoms with van der Waals surface area (Å²) in [5.41, 5.74) is 1.35. The first-order chi connectivity index (χ1) is 10.1. The number of likely N-dealkylation sites (N-methyl/N-ethyl adjacent to an activating group) is 1. The standard InChI is InChI=1S/C16H22BBrClNO2/c1-15(2)16(3,4)22-17(21-15)12(10-20-5)6-11-7-13(18)9-14(19)8-11/h6-9,20H,10H2,1-5H3. The molecule has 120 valence electrons. The van der Waals surface area contributed by atoms with Gasteiger partial charge in [-0.3, -0.25) is 0 Å². The Balaban J connectivity index is 2.33. The fraction of sp³-hybridized carbons (Fsp3) is 0.500. The fourth-order valence-corrected chi connectivity index (χ4v) is 3.16. The molecule has 1 heterocycles. The first-order valence-electron chi connectivity index (χ1n) is 7.31. The van der Waals surface area contributed by atoms with E-state index in [1.54, 1.807) is 0 Å². The molecule has 0 atom stereocenters. The van der Waals surface area contributed by atoms with Crippen LogP contribution in [0.5, 0.6) is 0 Å². The van der Waals surface area contributed by atoms with E-state index < -0.39 is 0 Å². The van der Waals surface area contributed by atoms with Crippen LogP contribution in [0.15, 0.2) is 28.1 Å². The van der Waals surface area contributed by atoms with Crippen LogP contribution in [0.25, 0.3) is 6.08 Å². The molecule has 6 heteroatoms. The van der Waals surface area contributed by atoms with Crippen LogP contribution in [-0.2, 0) is 9.31 Å². The van der Waals surface area contributed by atoms with Crippen LogP contribution in [0.4, 0.5) is 0 Å². The highest BCUT2D eigenvalue weighted by Crippen LogP contribution is 2.38. The zero-order valence-corrected chi connectivity index (χ0v) is 16.0. The number of rotatable bonds is 4. The van der Waals surface area contributed by atoms with E-state index in [0.717, 1.165) is 15.5 Å². The average Bonchev–Trinajstić information content (AvgIpc) is 2.56. The molecule has 22 heavy (non-hydrogen) atoms. The molecule has 1 aromatic carbocycles. The van der Waals surface area contributed by atoms with E-state index in [0.29, 0.717) is 11.6 Å². The summed E-state index contributed by atoms with van der Waals surface area (Å²) in [6.45, 7) is 8.90. The van der Waals surface area contributed by atoms with Crippen molar-refractivity contribution in [2.24, 2.45) is 0 Å². The van der Waals surface area contributed by atoms with E-state index in [4.69, 9.17) is 20.9 Å². The Kier molecular flexibility index (Phi) is 5.45. The van der Waals surface area contributed by atoms with Crippen molar-refractivity contribution in [3.05, 3.63) is 38.7 Å². The van der Waals surface area contributed by atoms with Crippen molar-refractivity contribution >= 4 is 40.7 Å². The van der Waals surface area contributed by atoms with Gasteiger partial charge in [-0.05, 0) is 64.0 Å². The van der Waals surface area contributed by atoms with Gasteiger partial charge in [0, 0.05) is 16.0 Å². The third kappa shape index (κ3) is 3.95. The molecule has 0 aliphatic carbocycles. The van der Waals surface area contributed by atoms with Crippen molar-refractivity contribution in [2.75, 3.05) is 13.6 Å². The summed E-state index contributed by atoms with van der Waals surface area (Å²) in [4.78, 5) is 0. The van der Waals surface area contributed by atoms with Gasteiger partial charge in [0.1, 0.15) is 0 Å². The lowest BCUT2D eigenvalue weighted by atomic mass is 9.77. The summed E-state index contributed by atoms with van der Waals surface area (Å²) >= 11 is 9.59. The van der Waals surface area contributed by atoms with Crippen molar-refractivity contribution in [3.63, 3.8) is 0 Å². The molecule has 0 bridgehead atoms. The molecule has 1 N–H and O–H groups in total. The molecule has 0 amide bonds. The molecule has 1 aliphatic heterocycles. The van der Waals surface area contributed by atoms with E-state index in [1.807, 2.05) is 25.2 Å². The lowest BCUT2D eigenvalue weighted by Gasteiger charge is -2.32. The van der Waals surface area contributed by atoms with Crippen molar-refractivity contribution in [1.82, 2.24) is 5.32 Å². The first-order valence-corrected chi connectivity index (χ1v) is 8.48.